The smallest absolute Gasteiger partial charge is 0.302 e. The number of ether oxygens (including phenoxy) is 1. The third-order valence-corrected chi connectivity index (χ3v) is 5.01. The molecule has 0 atom stereocenters. The summed E-state index contributed by atoms with van der Waals surface area (Å²) in [4.78, 5) is 13.7. The van der Waals surface area contributed by atoms with Crippen molar-refractivity contribution in [1.82, 2.24) is 0 Å². The van der Waals surface area contributed by atoms with Gasteiger partial charge in [-0.05, 0) is 23.3 Å². The highest BCUT2D eigenvalue weighted by Crippen LogP contribution is 2.40. The van der Waals surface area contributed by atoms with Crippen molar-refractivity contribution in [2.24, 2.45) is 0 Å². The Bertz CT molecular complexity index is 872. The number of hydrogen-bond acceptors (Lipinski definition) is 3. The van der Waals surface area contributed by atoms with Crippen LogP contribution in [0.25, 0.3) is 10.5 Å². The lowest BCUT2D eigenvalue weighted by Crippen LogP contribution is -2.04. The Labute approximate surface area is 158 Å². The number of hydrogen-bond donors (Lipinski definition) is 0. The van der Waals surface area contributed by atoms with Crippen LogP contribution >= 0.6 is 11.8 Å². The topological polar surface area (TPSA) is 26.3 Å². The molecule has 0 radical (unpaired) electrons. The van der Waals surface area contributed by atoms with E-state index in [1.165, 1.54) is 6.92 Å². The van der Waals surface area contributed by atoms with Crippen LogP contribution in [0.5, 0.6) is 0 Å². The molecule has 0 aliphatic carbocycles. The molecule has 0 bridgehead atoms. The van der Waals surface area contributed by atoms with E-state index in [1.807, 2.05) is 66.7 Å². The molecule has 0 aliphatic rings. The second kappa shape index (κ2) is 9.07. The third kappa shape index (κ3) is 4.87. The first kappa shape index (κ1) is 18.0. The lowest BCUT2D eigenvalue weighted by molar-refractivity contribution is -0.139. The first-order valence-corrected chi connectivity index (χ1v) is 9.26. The average molecular weight is 360 g/mol. The lowest BCUT2D eigenvalue weighted by atomic mass is 10.0. The Morgan fingerprint density at radius 1 is 0.769 bits per heavy atom. The van der Waals surface area contributed by atoms with E-state index in [2.05, 4.69) is 24.3 Å². The van der Waals surface area contributed by atoms with Crippen molar-refractivity contribution in [3.63, 3.8) is 0 Å². The van der Waals surface area contributed by atoms with Gasteiger partial charge in [0.2, 0.25) is 0 Å². The Morgan fingerprint density at radius 3 is 1.81 bits per heavy atom. The molecule has 3 rings (SSSR count). The molecule has 0 N–H and O–H groups in total. The predicted octanol–water partition coefficient (Wildman–Crippen LogP) is 5.91. The average Bonchev–Trinajstić information content (AvgIpc) is 2.69. The maximum absolute atomic E-state index is 11.4. The molecular formula is C23H20O2S. The Morgan fingerprint density at radius 2 is 1.27 bits per heavy atom. The van der Waals surface area contributed by atoms with E-state index in [9.17, 15) is 4.79 Å². The van der Waals surface area contributed by atoms with E-state index < -0.39 is 0 Å². The van der Waals surface area contributed by atoms with Gasteiger partial charge in [0.25, 0.3) is 0 Å². The van der Waals surface area contributed by atoms with Crippen LogP contribution in [0.4, 0.5) is 0 Å². The van der Waals surface area contributed by atoms with Gasteiger partial charge >= 0.3 is 5.97 Å². The van der Waals surface area contributed by atoms with E-state index in [0.29, 0.717) is 0 Å². The van der Waals surface area contributed by atoms with Gasteiger partial charge in [0.15, 0.2) is 0 Å². The zero-order valence-corrected chi connectivity index (χ0v) is 15.4. The van der Waals surface area contributed by atoms with Crippen LogP contribution in [0, 0.1) is 0 Å². The van der Waals surface area contributed by atoms with E-state index in [0.717, 1.165) is 26.5 Å². The summed E-state index contributed by atoms with van der Waals surface area (Å²) in [5.74, 6) is -0.282. The largest absolute Gasteiger partial charge is 0.461 e. The van der Waals surface area contributed by atoms with Crippen molar-refractivity contribution in [3.8, 4) is 0 Å². The van der Waals surface area contributed by atoms with Crippen LogP contribution in [0.1, 0.15) is 18.1 Å². The van der Waals surface area contributed by atoms with Gasteiger partial charge in [0.1, 0.15) is 6.61 Å². The summed E-state index contributed by atoms with van der Waals surface area (Å²) >= 11 is 1.68. The minimum Gasteiger partial charge on any atom is -0.461 e. The van der Waals surface area contributed by atoms with E-state index >= 15 is 0 Å². The SMILES string of the molecule is CC(=O)OC/C(=C(/Sc1ccccc1)c1ccccc1)c1ccccc1. The number of rotatable bonds is 6. The molecule has 0 fully saturated rings. The fourth-order valence-electron chi connectivity index (χ4n) is 2.58. The van der Waals surface area contributed by atoms with Gasteiger partial charge in [-0.25, -0.2) is 0 Å². The van der Waals surface area contributed by atoms with Crippen LogP contribution in [-0.4, -0.2) is 12.6 Å². The van der Waals surface area contributed by atoms with E-state index in [4.69, 9.17) is 4.74 Å². The molecule has 0 unspecified atom stereocenters. The summed E-state index contributed by atoms with van der Waals surface area (Å²) in [5.41, 5.74) is 3.16. The first-order valence-electron chi connectivity index (χ1n) is 8.44. The molecule has 0 saturated heterocycles. The van der Waals surface area contributed by atoms with Gasteiger partial charge in [0, 0.05) is 22.3 Å². The van der Waals surface area contributed by atoms with E-state index in [1.54, 1.807) is 11.8 Å². The summed E-state index contributed by atoms with van der Waals surface area (Å²) in [6.45, 7) is 1.68. The predicted molar refractivity (Wildman–Crippen MR) is 109 cm³/mol. The highest BCUT2D eigenvalue weighted by Gasteiger charge is 2.14. The molecular weight excluding hydrogens is 340 g/mol. The highest BCUT2D eigenvalue weighted by molar-refractivity contribution is 8.08. The van der Waals surface area contributed by atoms with Gasteiger partial charge in [-0.2, -0.15) is 0 Å². The van der Waals surface area contributed by atoms with Crippen LogP contribution in [0.3, 0.4) is 0 Å². The normalized spacial score (nSPS) is 11.6. The monoisotopic (exact) mass is 360 g/mol. The molecule has 3 aromatic carbocycles. The highest BCUT2D eigenvalue weighted by atomic mass is 32.2. The quantitative estimate of drug-likeness (QED) is 0.310. The van der Waals surface area contributed by atoms with E-state index in [-0.39, 0.29) is 12.6 Å². The molecule has 2 nitrogen and oxygen atoms in total. The van der Waals surface area contributed by atoms with Gasteiger partial charge in [-0.1, -0.05) is 90.6 Å². The fraction of sp³-hybridized carbons (Fsp3) is 0.0870. The standard InChI is InChI=1S/C23H20O2S/c1-18(24)25-17-22(19-11-5-2-6-12-19)23(20-13-7-3-8-14-20)26-21-15-9-4-10-16-21/h2-16H,17H2,1H3/b23-22-. The second-order valence-corrected chi connectivity index (χ2v) is 6.82. The molecule has 0 aliphatic heterocycles. The molecule has 0 aromatic heterocycles. The lowest BCUT2D eigenvalue weighted by Gasteiger charge is -2.16. The second-order valence-electron chi connectivity index (χ2n) is 5.74. The molecule has 0 heterocycles. The maximum atomic E-state index is 11.4. The zero-order chi connectivity index (χ0) is 18.2. The summed E-state index contributed by atoms with van der Waals surface area (Å²) in [6.07, 6.45) is 0. The van der Waals surface area contributed by atoms with Crippen molar-refractivity contribution in [3.05, 3.63) is 102 Å². The summed E-state index contributed by atoms with van der Waals surface area (Å²) in [5, 5.41) is 0. The molecule has 0 saturated carbocycles. The summed E-state index contributed by atoms with van der Waals surface area (Å²) in [6, 6.07) is 30.5. The molecule has 26 heavy (non-hydrogen) atoms. The van der Waals surface area contributed by atoms with Crippen LogP contribution in [0.15, 0.2) is 95.9 Å². The number of carbonyl (C=O) groups is 1. The van der Waals surface area contributed by atoms with Gasteiger partial charge in [0.05, 0.1) is 0 Å². The van der Waals surface area contributed by atoms with Crippen LogP contribution in [0.2, 0.25) is 0 Å². The molecule has 3 heteroatoms. The number of carbonyl (C=O) groups excluding carboxylic acids is 1. The number of esters is 1. The molecule has 130 valence electrons. The van der Waals surface area contributed by atoms with Gasteiger partial charge in [-0.3, -0.25) is 4.79 Å². The van der Waals surface area contributed by atoms with Crippen molar-refractivity contribution < 1.29 is 9.53 Å². The third-order valence-electron chi connectivity index (χ3n) is 3.82. The maximum Gasteiger partial charge on any atom is 0.302 e. The fourth-order valence-corrected chi connectivity index (χ4v) is 3.67. The van der Waals surface area contributed by atoms with Crippen LogP contribution in [-0.2, 0) is 9.53 Å². The minimum atomic E-state index is -0.282. The van der Waals surface area contributed by atoms with Crippen LogP contribution < -0.4 is 0 Å². The zero-order valence-electron chi connectivity index (χ0n) is 14.6. The Balaban J connectivity index is 2.13. The summed E-state index contributed by atoms with van der Waals surface area (Å²) in [7, 11) is 0. The Kier molecular flexibility index (Phi) is 6.29. The van der Waals surface area contributed by atoms with Gasteiger partial charge < -0.3 is 4.74 Å². The molecule has 0 amide bonds. The van der Waals surface area contributed by atoms with Crippen molar-refractivity contribution in [2.45, 2.75) is 11.8 Å². The van der Waals surface area contributed by atoms with Crippen molar-refractivity contribution >= 4 is 28.2 Å². The summed E-state index contributed by atoms with van der Waals surface area (Å²) < 4.78 is 5.39. The minimum absolute atomic E-state index is 0.239. The first-order chi connectivity index (χ1) is 12.7. The number of benzene rings is 3. The molecule has 3 aromatic rings. The number of thioether (sulfide) groups is 1. The Hall–Kier alpha value is -2.78. The van der Waals surface area contributed by atoms with Crippen molar-refractivity contribution in [1.29, 1.82) is 0 Å². The van der Waals surface area contributed by atoms with Crippen molar-refractivity contribution in [2.75, 3.05) is 6.61 Å². The van der Waals surface area contributed by atoms with Gasteiger partial charge in [-0.15, -0.1) is 0 Å². The molecule has 0 spiro atoms.